The lowest BCUT2D eigenvalue weighted by Gasteiger charge is -2.34. The molecule has 124 valence electrons. The fraction of sp³-hybridized carbons (Fsp3) is 0.500. The summed E-state index contributed by atoms with van der Waals surface area (Å²) < 4.78 is 1.87. The number of benzene rings is 1. The summed E-state index contributed by atoms with van der Waals surface area (Å²) in [6.07, 6.45) is 2.22. The number of piperazine rings is 1. The lowest BCUT2D eigenvalue weighted by molar-refractivity contribution is -0.122. The van der Waals surface area contributed by atoms with E-state index in [9.17, 15) is 9.59 Å². The van der Waals surface area contributed by atoms with Crippen molar-refractivity contribution in [2.75, 3.05) is 32.7 Å². The van der Waals surface area contributed by atoms with E-state index in [-0.39, 0.29) is 11.8 Å². The zero-order chi connectivity index (χ0) is 16.4. The van der Waals surface area contributed by atoms with E-state index >= 15 is 0 Å². The van der Waals surface area contributed by atoms with Gasteiger partial charge >= 0.3 is 0 Å². The lowest BCUT2D eigenvalue weighted by Crippen LogP contribution is -2.51. The van der Waals surface area contributed by atoms with Crippen LogP contribution < -0.4 is 5.32 Å². The van der Waals surface area contributed by atoms with Gasteiger partial charge in [-0.25, -0.2) is 0 Å². The summed E-state index contributed by atoms with van der Waals surface area (Å²) >= 11 is 5.62. The van der Waals surface area contributed by atoms with Crippen molar-refractivity contribution >= 4 is 50.3 Å². The van der Waals surface area contributed by atoms with Gasteiger partial charge in [-0.2, -0.15) is 0 Å². The third kappa shape index (κ3) is 4.67. The summed E-state index contributed by atoms with van der Waals surface area (Å²) in [5.74, 6) is 0.173. The van der Waals surface area contributed by atoms with E-state index in [2.05, 4.69) is 48.7 Å². The highest BCUT2D eigenvalue weighted by Crippen LogP contribution is 2.21. The van der Waals surface area contributed by atoms with Crippen LogP contribution in [0.3, 0.4) is 0 Å². The Balaban J connectivity index is 1.52. The Bertz CT molecular complexity index is 613. The van der Waals surface area contributed by atoms with Gasteiger partial charge in [0.2, 0.25) is 5.91 Å². The molecule has 0 radical (unpaired) electrons. The first kappa shape index (κ1) is 17.2. The Labute approximate surface area is 158 Å². The van der Waals surface area contributed by atoms with Gasteiger partial charge < -0.3 is 10.2 Å². The molecule has 1 saturated carbocycles. The van der Waals surface area contributed by atoms with Gasteiger partial charge in [-0.3, -0.25) is 14.5 Å². The van der Waals surface area contributed by atoms with Crippen molar-refractivity contribution in [2.45, 2.75) is 18.9 Å². The predicted molar refractivity (Wildman–Crippen MR) is 100 cm³/mol. The first-order chi connectivity index (χ1) is 11.0. The highest BCUT2D eigenvalue weighted by atomic mass is 127. The van der Waals surface area contributed by atoms with Crippen LogP contribution in [0, 0.1) is 3.57 Å². The summed E-state index contributed by atoms with van der Waals surface area (Å²) in [7, 11) is 0. The van der Waals surface area contributed by atoms with E-state index in [1.165, 1.54) is 0 Å². The number of carbonyl (C=O) groups is 2. The van der Waals surface area contributed by atoms with Crippen LogP contribution in [0.15, 0.2) is 22.7 Å². The second-order valence-corrected chi connectivity index (χ2v) is 8.11. The van der Waals surface area contributed by atoms with Crippen LogP contribution in [0.5, 0.6) is 0 Å². The van der Waals surface area contributed by atoms with Gasteiger partial charge in [-0.05, 0) is 53.6 Å². The summed E-state index contributed by atoms with van der Waals surface area (Å²) in [6.45, 7) is 3.26. The van der Waals surface area contributed by atoms with Gasteiger partial charge in [-0.1, -0.05) is 15.9 Å². The quantitative estimate of drug-likeness (QED) is 0.656. The second kappa shape index (κ2) is 7.48. The number of nitrogens with zero attached hydrogens (tertiary/aromatic N) is 2. The maximum Gasteiger partial charge on any atom is 0.255 e. The van der Waals surface area contributed by atoms with Gasteiger partial charge in [0.05, 0.1) is 12.1 Å². The zero-order valence-corrected chi connectivity index (χ0v) is 16.5. The van der Waals surface area contributed by atoms with E-state index in [1.54, 1.807) is 0 Å². The molecule has 1 saturated heterocycles. The topological polar surface area (TPSA) is 52.7 Å². The van der Waals surface area contributed by atoms with E-state index in [0.717, 1.165) is 39.5 Å². The van der Waals surface area contributed by atoms with Gasteiger partial charge in [0, 0.05) is 40.3 Å². The fourth-order valence-electron chi connectivity index (χ4n) is 2.64. The fourth-order valence-corrected chi connectivity index (χ4v) is 3.57. The largest absolute Gasteiger partial charge is 0.352 e. The maximum atomic E-state index is 12.7. The average Bonchev–Trinajstić information content (AvgIpc) is 3.33. The molecule has 2 amide bonds. The van der Waals surface area contributed by atoms with Crippen LogP contribution >= 0.6 is 38.5 Å². The first-order valence-electron chi connectivity index (χ1n) is 7.79. The molecule has 1 aromatic rings. The van der Waals surface area contributed by atoms with Crippen LogP contribution in [-0.4, -0.2) is 60.4 Å². The number of nitrogens with one attached hydrogen (secondary N) is 1. The average molecular weight is 492 g/mol. The number of amides is 2. The third-order valence-corrected chi connectivity index (χ3v) is 5.56. The molecule has 0 bridgehead atoms. The second-order valence-electron chi connectivity index (χ2n) is 6.03. The first-order valence-corrected chi connectivity index (χ1v) is 9.66. The number of hydrogen-bond acceptors (Lipinski definition) is 3. The zero-order valence-electron chi connectivity index (χ0n) is 12.7. The minimum Gasteiger partial charge on any atom is -0.352 e. The molecule has 5 nitrogen and oxygen atoms in total. The van der Waals surface area contributed by atoms with E-state index in [4.69, 9.17) is 0 Å². The Kier molecular flexibility index (Phi) is 5.58. The normalized spacial score (nSPS) is 18.8. The molecule has 2 fully saturated rings. The van der Waals surface area contributed by atoms with Crippen LogP contribution in [0.25, 0.3) is 0 Å². The van der Waals surface area contributed by atoms with Crippen LogP contribution in [0.2, 0.25) is 0 Å². The van der Waals surface area contributed by atoms with Crippen molar-refractivity contribution in [3.63, 3.8) is 0 Å². The van der Waals surface area contributed by atoms with Gasteiger partial charge in [0.25, 0.3) is 5.91 Å². The van der Waals surface area contributed by atoms with Crippen molar-refractivity contribution in [2.24, 2.45) is 0 Å². The monoisotopic (exact) mass is 491 g/mol. The molecule has 1 aromatic carbocycles. The molecule has 2 aliphatic rings. The van der Waals surface area contributed by atoms with Gasteiger partial charge in [-0.15, -0.1) is 0 Å². The minimum absolute atomic E-state index is 0.0674. The Hall–Kier alpha value is -0.670. The van der Waals surface area contributed by atoms with Gasteiger partial charge in [0.1, 0.15) is 0 Å². The number of carbonyl (C=O) groups excluding carboxylic acids is 2. The summed E-state index contributed by atoms with van der Waals surface area (Å²) in [5, 5.41) is 3.01. The summed E-state index contributed by atoms with van der Waals surface area (Å²) in [4.78, 5) is 28.5. The molecule has 1 aliphatic heterocycles. The molecule has 0 unspecified atom stereocenters. The maximum absolute atomic E-state index is 12.7. The van der Waals surface area contributed by atoms with Crippen molar-refractivity contribution in [3.8, 4) is 0 Å². The number of rotatable bonds is 4. The molecule has 1 aliphatic carbocycles. The van der Waals surface area contributed by atoms with E-state index in [1.807, 2.05) is 23.1 Å². The highest BCUT2D eigenvalue weighted by molar-refractivity contribution is 14.1. The van der Waals surface area contributed by atoms with Crippen LogP contribution in [-0.2, 0) is 4.79 Å². The lowest BCUT2D eigenvalue weighted by atomic mass is 10.2. The SMILES string of the molecule is O=C(CN1CCN(C(=O)c2cc(Br)ccc2I)CC1)NC1CC1. The van der Waals surface area contributed by atoms with E-state index in [0.29, 0.717) is 25.7 Å². The molecule has 1 heterocycles. The predicted octanol–water partition coefficient (Wildman–Crippen LogP) is 2.09. The van der Waals surface area contributed by atoms with E-state index < -0.39 is 0 Å². The molecule has 0 atom stereocenters. The minimum atomic E-state index is 0.0674. The van der Waals surface area contributed by atoms with Crippen molar-refractivity contribution in [1.82, 2.24) is 15.1 Å². The molecule has 7 heteroatoms. The highest BCUT2D eigenvalue weighted by Gasteiger charge is 2.27. The standard InChI is InChI=1S/C16H19BrIN3O2/c17-11-1-4-14(18)13(9-11)16(23)21-7-5-20(6-8-21)10-15(22)19-12-2-3-12/h1,4,9,12H,2-3,5-8,10H2,(H,19,22). The van der Waals surface area contributed by atoms with Crippen molar-refractivity contribution in [3.05, 3.63) is 31.8 Å². The molecule has 1 N–H and O–H groups in total. The molecule has 0 spiro atoms. The van der Waals surface area contributed by atoms with Gasteiger partial charge in [0.15, 0.2) is 0 Å². The Morgan fingerprint density at radius 1 is 1.22 bits per heavy atom. The van der Waals surface area contributed by atoms with Crippen LogP contribution in [0.1, 0.15) is 23.2 Å². The molecular formula is C16H19BrIN3O2. The number of hydrogen-bond donors (Lipinski definition) is 1. The van der Waals surface area contributed by atoms with Crippen LogP contribution in [0.4, 0.5) is 0 Å². The molecule has 0 aromatic heterocycles. The third-order valence-electron chi connectivity index (χ3n) is 4.13. The molecule has 23 heavy (non-hydrogen) atoms. The molecule has 3 rings (SSSR count). The summed E-state index contributed by atoms with van der Waals surface area (Å²) in [5.41, 5.74) is 0.736. The number of halogens is 2. The Morgan fingerprint density at radius 2 is 1.91 bits per heavy atom. The summed E-state index contributed by atoms with van der Waals surface area (Å²) in [6, 6.07) is 6.16. The van der Waals surface area contributed by atoms with Crippen molar-refractivity contribution < 1.29 is 9.59 Å². The van der Waals surface area contributed by atoms with Crippen molar-refractivity contribution in [1.29, 1.82) is 0 Å². The smallest absolute Gasteiger partial charge is 0.255 e. The molecular weight excluding hydrogens is 473 g/mol. The Morgan fingerprint density at radius 3 is 2.57 bits per heavy atom.